The van der Waals surface area contributed by atoms with Crippen molar-refractivity contribution in [2.24, 2.45) is 0 Å². The van der Waals surface area contributed by atoms with Gasteiger partial charge in [0.05, 0.1) is 7.11 Å². The second-order valence-electron chi connectivity index (χ2n) is 3.88. The molecular formula is C13H15N3O2. The molecular weight excluding hydrogens is 230 g/mol. The van der Waals surface area contributed by atoms with E-state index in [4.69, 9.17) is 4.74 Å². The second kappa shape index (κ2) is 5.35. The van der Waals surface area contributed by atoms with Gasteiger partial charge in [-0.1, -0.05) is 0 Å². The van der Waals surface area contributed by atoms with E-state index in [-0.39, 0.29) is 12.5 Å². The number of hydrogen-bond donors (Lipinski definition) is 1. The highest BCUT2D eigenvalue weighted by Crippen LogP contribution is 2.14. The Labute approximate surface area is 105 Å². The number of imidazole rings is 1. The van der Waals surface area contributed by atoms with Gasteiger partial charge in [0.2, 0.25) is 5.91 Å². The molecule has 0 bridgehead atoms. The highest BCUT2D eigenvalue weighted by atomic mass is 16.5. The number of nitrogens with zero attached hydrogens (tertiary/aromatic N) is 2. The van der Waals surface area contributed by atoms with Gasteiger partial charge in [-0.05, 0) is 31.2 Å². The first-order chi connectivity index (χ1) is 8.69. The van der Waals surface area contributed by atoms with E-state index in [0.717, 1.165) is 17.3 Å². The van der Waals surface area contributed by atoms with Crippen LogP contribution in [0.15, 0.2) is 36.7 Å². The van der Waals surface area contributed by atoms with Crippen molar-refractivity contribution in [3.63, 3.8) is 0 Å². The molecule has 0 aliphatic heterocycles. The maximum absolute atomic E-state index is 11.8. The number of amides is 1. The number of anilines is 1. The first-order valence-electron chi connectivity index (χ1n) is 5.60. The SMILES string of the molecule is COc1ccc(NC(=O)Cn2ccnc2C)cc1. The number of carbonyl (C=O) groups is 1. The van der Waals surface area contributed by atoms with Crippen LogP contribution < -0.4 is 10.1 Å². The fourth-order valence-corrected chi connectivity index (χ4v) is 1.60. The van der Waals surface area contributed by atoms with Crippen molar-refractivity contribution < 1.29 is 9.53 Å². The number of methoxy groups -OCH3 is 1. The topological polar surface area (TPSA) is 56.1 Å². The third kappa shape index (κ3) is 2.88. The highest BCUT2D eigenvalue weighted by Gasteiger charge is 2.05. The average molecular weight is 245 g/mol. The van der Waals surface area contributed by atoms with E-state index in [1.54, 1.807) is 48.3 Å². The summed E-state index contributed by atoms with van der Waals surface area (Å²) < 4.78 is 6.84. The lowest BCUT2D eigenvalue weighted by Crippen LogP contribution is -2.18. The molecule has 0 fully saturated rings. The first kappa shape index (κ1) is 12.2. The smallest absolute Gasteiger partial charge is 0.244 e. The van der Waals surface area contributed by atoms with Crippen LogP contribution in [0, 0.1) is 6.92 Å². The van der Waals surface area contributed by atoms with Gasteiger partial charge in [0.1, 0.15) is 18.1 Å². The molecule has 94 valence electrons. The van der Waals surface area contributed by atoms with Crippen LogP contribution in [-0.4, -0.2) is 22.6 Å². The molecule has 5 heteroatoms. The standard InChI is InChI=1S/C13H15N3O2/c1-10-14-7-8-16(10)9-13(17)15-11-3-5-12(18-2)6-4-11/h3-8H,9H2,1-2H3,(H,15,17). The lowest BCUT2D eigenvalue weighted by atomic mass is 10.3. The van der Waals surface area contributed by atoms with Crippen LogP contribution in [0.1, 0.15) is 5.82 Å². The van der Waals surface area contributed by atoms with E-state index >= 15 is 0 Å². The summed E-state index contributed by atoms with van der Waals surface area (Å²) in [6, 6.07) is 7.21. The number of nitrogens with one attached hydrogen (secondary N) is 1. The van der Waals surface area contributed by atoms with Crippen molar-refractivity contribution in [3.8, 4) is 5.75 Å². The van der Waals surface area contributed by atoms with E-state index in [2.05, 4.69) is 10.3 Å². The molecule has 1 N–H and O–H groups in total. The number of carbonyl (C=O) groups excluding carboxylic acids is 1. The Kier molecular flexibility index (Phi) is 3.62. The highest BCUT2D eigenvalue weighted by molar-refractivity contribution is 5.90. The largest absolute Gasteiger partial charge is 0.497 e. The van der Waals surface area contributed by atoms with E-state index in [0.29, 0.717) is 0 Å². The quantitative estimate of drug-likeness (QED) is 0.894. The van der Waals surface area contributed by atoms with Crippen molar-refractivity contribution in [2.75, 3.05) is 12.4 Å². The summed E-state index contributed by atoms with van der Waals surface area (Å²) >= 11 is 0. The van der Waals surface area contributed by atoms with Crippen LogP contribution in [0.4, 0.5) is 5.69 Å². The van der Waals surface area contributed by atoms with E-state index in [9.17, 15) is 4.79 Å². The number of aryl methyl sites for hydroxylation is 1. The van der Waals surface area contributed by atoms with Gasteiger partial charge in [0, 0.05) is 18.1 Å². The number of aromatic nitrogens is 2. The zero-order chi connectivity index (χ0) is 13.0. The van der Waals surface area contributed by atoms with Gasteiger partial charge in [-0.15, -0.1) is 0 Å². The Morgan fingerprint density at radius 2 is 2.11 bits per heavy atom. The van der Waals surface area contributed by atoms with E-state index in [1.807, 2.05) is 6.92 Å². The molecule has 1 amide bonds. The van der Waals surface area contributed by atoms with E-state index in [1.165, 1.54) is 0 Å². The number of benzene rings is 1. The molecule has 1 heterocycles. The number of ether oxygens (including phenoxy) is 1. The van der Waals surface area contributed by atoms with Gasteiger partial charge < -0.3 is 14.6 Å². The van der Waals surface area contributed by atoms with Gasteiger partial charge in [0.25, 0.3) is 0 Å². The van der Waals surface area contributed by atoms with Crippen LogP contribution in [-0.2, 0) is 11.3 Å². The van der Waals surface area contributed by atoms with Gasteiger partial charge in [-0.2, -0.15) is 0 Å². The molecule has 1 aromatic heterocycles. The molecule has 0 spiro atoms. The van der Waals surface area contributed by atoms with Gasteiger partial charge in [-0.3, -0.25) is 4.79 Å². The Morgan fingerprint density at radius 3 is 2.67 bits per heavy atom. The molecule has 0 saturated heterocycles. The monoisotopic (exact) mass is 245 g/mol. The molecule has 1 aromatic carbocycles. The zero-order valence-corrected chi connectivity index (χ0v) is 10.4. The fraction of sp³-hybridized carbons (Fsp3) is 0.231. The summed E-state index contributed by atoms with van der Waals surface area (Å²) in [6.45, 7) is 2.12. The van der Waals surface area contributed by atoms with Crippen molar-refractivity contribution in [1.29, 1.82) is 0 Å². The maximum atomic E-state index is 11.8. The summed E-state index contributed by atoms with van der Waals surface area (Å²) in [5.74, 6) is 1.50. The molecule has 0 aliphatic rings. The normalized spacial score (nSPS) is 10.1. The summed E-state index contributed by atoms with van der Waals surface area (Å²) in [6.07, 6.45) is 3.46. The van der Waals surface area contributed by atoms with Crippen LogP contribution in [0.2, 0.25) is 0 Å². The molecule has 5 nitrogen and oxygen atoms in total. The van der Waals surface area contributed by atoms with Gasteiger partial charge in [0.15, 0.2) is 0 Å². The number of hydrogen-bond acceptors (Lipinski definition) is 3. The summed E-state index contributed by atoms with van der Waals surface area (Å²) in [5, 5.41) is 2.82. The van der Waals surface area contributed by atoms with Crippen LogP contribution in [0.5, 0.6) is 5.75 Å². The van der Waals surface area contributed by atoms with Crippen molar-refractivity contribution in [2.45, 2.75) is 13.5 Å². The molecule has 0 atom stereocenters. The maximum Gasteiger partial charge on any atom is 0.244 e. The van der Waals surface area contributed by atoms with Crippen molar-refractivity contribution >= 4 is 11.6 Å². The summed E-state index contributed by atoms with van der Waals surface area (Å²) in [4.78, 5) is 15.9. The first-order valence-corrected chi connectivity index (χ1v) is 5.60. The molecule has 0 radical (unpaired) electrons. The minimum Gasteiger partial charge on any atom is -0.497 e. The van der Waals surface area contributed by atoms with E-state index < -0.39 is 0 Å². The molecule has 0 unspecified atom stereocenters. The predicted octanol–water partition coefficient (Wildman–Crippen LogP) is 1.84. The third-order valence-electron chi connectivity index (χ3n) is 2.61. The Bertz CT molecular complexity index is 531. The lowest BCUT2D eigenvalue weighted by Gasteiger charge is -2.07. The van der Waals surface area contributed by atoms with Crippen LogP contribution in [0.3, 0.4) is 0 Å². The average Bonchev–Trinajstić information content (AvgIpc) is 2.76. The number of rotatable bonds is 4. The van der Waals surface area contributed by atoms with Crippen molar-refractivity contribution in [3.05, 3.63) is 42.5 Å². The Balaban J connectivity index is 1.96. The second-order valence-corrected chi connectivity index (χ2v) is 3.88. The third-order valence-corrected chi connectivity index (χ3v) is 2.61. The lowest BCUT2D eigenvalue weighted by molar-refractivity contribution is -0.116. The van der Waals surface area contributed by atoms with Gasteiger partial charge in [-0.25, -0.2) is 4.98 Å². The molecule has 2 aromatic rings. The minimum absolute atomic E-state index is 0.0822. The zero-order valence-electron chi connectivity index (χ0n) is 10.4. The summed E-state index contributed by atoms with van der Waals surface area (Å²) in [5.41, 5.74) is 0.749. The fourth-order valence-electron chi connectivity index (χ4n) is 1.60. The van der Waals surface area contributed by atoms with Gasteiger partial charge >= 0.3 is 0 Å². The molecule has 0 aliphatic carbocycles. The van der Waals surface area contributed by atoms with Crippen LogP contribution >= 0.6 is 0 Å². The summed E-state index contributed by atoms with van der Waals surface area (Å²) in [7, 11) is 1.61. The minimum atomic E-state index is -0.0822. The molecule has 2 rings (SSSR count). The Morgan fingerprint density at radius 1 is 1.39 bits per heavy atom. The Hall–Kier alpha value is -2.30. The van der Waals surface area contributed by atoms with Crippen LogP contribution in [0.25, 0.3) is 0 Å². The predicted molar refractivity (Wildman–Crippen MR) is 68.6 cm³/mol. The molecule has 18 heavy (non-hydrogen) atoms. The van der Waals surface area contributed by atoms with Crippen molar-refractivity contribution in [1.82, 2.24) is 9.55 Å². The molecule has 0 saturated carbocycles.